The first-order valence-electron chi connectivity index (χ1n) is 7.36. The molecular formula is C16H14ClN5O. The molecule has 1 atom stereocenters. The number of carbonyl (C=O) groups is 1. The molecule has 0 radical (unpaired) electrons. The van der Waals surface area contributed by atoms with Crippen molar-refractivity contribution in [1.29, 1.82) is 0 Å². The van der Waals surface area contributed by atoms with E-state index >= 15 is 0 Å². The summed E-state index contributed by atoms with van der Waals surface area (Å²) in [5.74, 6) is -0.115. The van der Waals surface area contributed by atoms with Gasteiger partial charge in [0.15, 0.2) is 11.3 Å². The van der Waals surface area contributed by atoms with Crippen molar-refractivity contribution in [3.63, 3.8) is 0 Å². The van der Waals surface area contributed by atoms with E-state index in [2.05, 4.69) is 21.1 Å². The average molecular weight is 328 g/mol. The molecule has 1 aliphatic heterocycles. The molecule has 0 spiro atoms. The number of hydrogen-bond donors (Lipinski definition) is 0. The fourth-order valence-electron chi connectivity index (χ4n) is 2.92. The molecule has 0 N–H and O–H groups in total. The van der Waals surface area contributed by atoms with Crippen molar-refractivity contribution in [2.75, 3.05) is 0 Å². The first-order chi connectivity index (χ1) is 11.1. The summed E-state index contributed by atoms with van der Waals surface area (Å²) in [6.07, 6.45) is 5.73. The van der Waals surface area contributed by atoms with Gasteiger partial charge in [-0.05, 0) is 25.0 Å². The first kappa shape index (κ1) is 14.1. The van der Waals surface area contributed by atoms with Gasteiger partial charge < -0.3 is 4.90 Å². The summed E-state index contributed by atoms with van der Waals surface area (Å²) in [4.78, 5) is 23.2. The van der Waals surface area contributed by atoms with Crippen molar-refractivity contribution < 1.29 is 4.79 Å². The van der Waals surface area contributed by atoms with Crippen LogP contribution in [-0.4, -0.2) is 36.4 Å². The Kier molecular flexibility index (Phi) is 3.27. The van der Waals surface area contributed by atoms with E-state index in [1.807, 2.05) is 13.0 Å². The Morgan fingerprint density at radius 1 is 1.39 bits per heavy atom. The van der Waals surface area contributed by atoms with Crippen LogP contribution in [0, 0.1) is 0 Å². The maximum Gasteiger partial charge on any atom is 0.275 e. The van der Waals surface area contributed by atoms with Crippen molar-refractivity contribution in [3.8, 4) is 0 Å². The van der Waals surface area contributed by atoms with Gasteiger partial charge >= 0.3 is 0 Å². The Bertz CT molecular complexity index is 906. The van der Waals surface area contributed by atoms with Crippen LogP contribution >= 0.6 is 11.6 Å². The number of hydrogen-bond acceptors (Lipinski definition) is 4. The summed E-state index contributed by atoms with van der Waals surface area (Å²) in [5.41, 5.74) is 3.11. The Labute approximate surface area is 137 Å². The van der Waals surface area contributed by atoms with Crippen molar-refractivity contribution in [3.05, 3.63) is 58.8 Å². The van der Waals surface area contributed by atoms with Crippen LogP contribution in [0.3, 0.4) is 0 Å². The van der Waals surface area contributed by atoms with Gasteiger partial charge in [-0.15, -0.1) is 0 Å². The predicted octanol–water partition coefficient (Wildman–Crippen LogP) is 2.36. The highest BCUT2D eigenvalue weighted by Gasteiger charge is 2.29. The van der Waals surface area contributed by atoms with Crippen LogP contribution < -0.4 is 0 Å². The van der Waals surface area contributed by atoms with Crippen LogP contribution in [0.4, 0.5) is 0 Å². The van der Waals surface area contributed by atoms with E-state index in [9.17, 15) is 4.79 Å². The van der Waals surface area contributed by atoms with Gasteiger partial charge in [0.1, 0.15) is 0 Å². The standard InChI is InChI=1S/C16H14ClN5O/c1-10-5-11-3-2-4-18-14(11)9-21(10)16(23)13-6-15-19-7-12(17)8-22(15)20-13/h2-4,6-8,10H,5,9H2,1H3. The Morgan fingerprint density at radius 3 is 3.13 bits per heavy atom. The molecule has 6 nitrogen and oxygen atoms in total. The molecular weight excluding hydrogens is 314 g/mol. The second-order valence-corrected chi connectivity index (χ2v) is 6.14. The van der Waals surface area contributed by atoms with E-state index in [1.165, 1.54) is 16.3 Å². The number of aromatic nitrogens is 4. The number of nitrogens with zero attached hydrogens (tertiary/aromatic N) is 5. The summed E-state index contributed by atoms with van der Waals surface area (Å²) in [5, 5.41) is 4.77. The minimum Gasteiger partial charge on any atom is -0.328 e. The van der Waals surface area contributed by atoms with Gasteiger partial charge in [0.05, 0.1) is 23.5 Å². The van der Waals surface area contributed by atoms with E-state index in [0.717, 1.165) is 12.1 Å². The summed E-state index contributed by atoms with van der Waals surface area (Å²) in [7, 11) is 0. The van der Waals surface area contributed by atoms with Crippen molar-refractivity contribution in [1.82, 2.24) is 24.5 Å². The van der Waals surface area contributed by atoms with Crippen LogP contribution in [0.5, 0.6) is 0 Å². The van der Waals surface area contributed by atoms with Crippen LogP contribution in [0.1, 0.15) is 28.7 Å². The fraction of sp³-hybridized carbons (Fsp3) is 0.250. The molecule has 7 heteroatoms. The highest BCUT2D eigenvalue weighted by atomic mass is 35.5. The maximum absolute atomic E-state index is 12.8. The number of fused-ring (bicyclic) bond motifs is 2. The summed E-state index contributed by atoms with van der Waals surface area (Å²) in [6, 6.07) is 5.78. The summed E-state index contributed by atoms with van der Waals surface area (Å²) in [6.45, 7) is 2.54. The molecule has 1 aliphatic rings. The topological polar surface area (TPSA) is 63.4 Å². The molecule has 4 heterocycles. The molecule has 0 bridgehead atoms. The Balaban J connectivity index is 1.68. The number of halogens is 1. The van der Waals surface area contributed by atoms with Crippen LogP contribution in [0.2, 0.25) is 5.02 Å². The number of amides is 1. The average Bonchev–Trinajstić information content (AvgIpc) is 2.96. The molecule has 0 aromatic carbocycles. The zero-order valence-electron chi connectivity index (χ0n) is 12.5. The van der Waals surface area contributed by atoms with Crippen molar-refractivity contribution in [2.24, 2.45) is 0 Å². The van der Waals surface area contributed by atoms with Gasteiger partial charge in [-0.25, -0.2) is 9.50 Å². The summed E-state index contributed by atoms with van der Waals surface area (Å²) < 4.78 is 1.52. The molecule has 0 saturated carbocycles. The normalized spacial score (nSPS) is 17.3. The monoisotopic (exact) mass is 327 g/mol. The second kappa shape index (κ2) is 5.31. The smallest absolute Gasteiger partial charge is 0.275 e. The van der Waals surface area contributed by atoms with E-state index < -0.39 is 0 Å². The van der Waals surface area contributed by atoms with Gasteiger partial charge in [-0.3, -0.25) is 9.78 Å². The lowest BCUT2D eigenvalue weighted by Crippen LogP contribution is -2.43. The van der Waals surface area contributed by atoms with E-state index in [1.54, 1.807) is 23.4 Å². The van der Waals surface area contributed by atoms with Crippen molar-refractivity contribution in [2.45, 2.75) is 25.9 Å². The molecule has 4 rings (SSSR count). The molecule has 3 aromatic heterocycles. The lowest BCUT2D eigenvalue weighted by atomic mass is 9.98. The molecule has 23 heavy (non-hydrogen) atoms. The predicted molar refractivity (Wildman–Crippen MR) is 85.3 cm³/mol. The van der Waals surface area contributed by atoms with E-state index in [4.69, 9.17) is 11.6 Å². The number of rotatable bonds is 1. The highest BCUT2D eigenvalue weighted by molar-refractivity contribution is 6.30. The lowest BCUT2D eigenvalue weighted by molar-refractivity contribution is 0.0648. The first-order valence-corrected chi connectivity index (χ1v) is 7.74. The third-order valence-corrected chi connectivity index (χ3v) is 4.31. The van der Waals surface area contributed by atoms with E-state index in [0.29, 0.717) is 22.9 Å². The van der Waals surface area contributed by atoms with E-state index in [-0.39, 0.29) is 11.9 Å². The largest absolute Gasteiger partial charge is 0.328 e. The van der Waals surface area contributed by atoms with Crippen LogP contribution in [0.15, 0.2) is 36.8 Å². The van der Waals surface area contributed by atoms with Gasteiger partial charge in [0, 0.05) is 24.5 Å². The Hall–Kier alpha value is -2.47. The molecule has 1 unspecified atom stereocenters. The molecule has 3 aromatic rings. The molecule has 0 fully saturated rings. The molecule has 0 aliphatic carbocycles. The number of pyridine rings is 1. The zero-order valence-corrected chi connectivity index (χ0v) is 13.2. The number of carbonyl (C=O) groups excluding carboxylic acids is 1. The zero-order chi connectivity index (χ0) is 16.0. The van der Waals surface area contributed by atoms with Gasteiger partial charge in [-0.2, -0.15) is 5.10 Å². The summed E-state index contributed by atoms with van der Waals surface area (Å²) >= 11 is 5.91. The third kappa shape index (κ3) is 2.45. The quantitative estimate of drug-likeness (QED) is 0.688. The van der Waals surface area contributed by atoms with Gasteiger partial charge in [0.25, 0.3) is 5.91 Å². The van der Waals surface area contributed by atoms with Crippen molar-refractivity contribution >= 4 is 23.2 Å². The highest BCUT2D eigenvalue weighted by Crippen LogP contribution is 2.23. The van der Waals surface area contributed by atoms with Crippen LogP contribution in [0.25, 0.3) is 5.65 Å². The minimum atomic E-state index is -0.115. The molecule has 116 valence electrons. The molecule has 1 amide bonds. The van der Waals surface area contributed by atoms with Gasteiger partial charge in [-0.1, -0.05) is 17.7 Å². The van der Waals surface area contributed by atoms with Crippen LogP contribution in [-0.2, 0) is 13.0 Å². The fourth-order valence-corrected chi connectivity index (χ4v) is 3.06. The Morgan fingerprint density at radius 2 is 2.26 bits per heavy atom. The SMILES string of the molecule is CC1Cc2cccnc2CN1C(=O)c1cc2ncc(Cl)cn2n1. The third-order valence-electron chi connectivity index (χ3n) is 4.11. The minimum absolute atomic E-state index is 0.0977. The maximum atomic E-state index is 12.8. The lowest BCUT2D eigenvalue weighted by Gasteiger charge is -2.33. The molecule has 0 saturated heterocycles. The van der Waals surface area contributed by atoms with Gasteiger partial charge in [0.2, 0.25) is 0 Å². The second-order valence-electron chi connectivity index (χ2n) is 5.70.